The smallest absolute Gasteiger partial charge is 0.262 e. The van der Waals surface area contributed by atoms with Crippen LogP contribution in [0, 0.1) is 13.8 Å². The van der Waals surface area contributed by atoms with Crippen molar-refractivity contribution in [2.75, 3.05) is 48.1 Å². The number of rotatable bonds is 11. The average molecular weight is 560 g/mol. The molecule has 0 bridgehead atoms. The zero-order valence-corrected chi connectivity index (χ0v) is 24.5. The van der Waals surface area contributed by atoms with Crippen LogP contribution in [0.2, 0.25) is 0 Å². The highest BCUT2D eigenvalue weighted by atomic mass is 16.5. The summed E-state index contributed by atoms with van der Waals surface area (Å²) in [6.07, 6.45) is 0.508. The summed E-state index contributed by atoms with van der Waals surface area (Å²) >= 11 is 0. The molecule has 2 amide bonds. The van der Waals surface area contributed by atoms with E-state index < -0.39 is 0 Å². The Bertz CT molecular complexity index is 1420. The van der Waals surface area contributed by atoms with E-state index in [4.69, 9.17) is 24.0 Å². The van der Waals surface area contributed by atoms with Gasteiger partial charge in [0.15, 0.2) is 11.5 Å². The molecule has 4 rings (SSSR count). The van der Waals surface area contributed by atoms with Crippen molar-refractivity contribution >= 4 is 17.5 Å². The number of hydrogen-bond donors (Lipinski definition) is 0. The van der Waals surface area contributed by atoms with Crippen LogP contribution in [0.15, 0.2) is 65.8 Å². The average Bonchev–Trinajstić information content (AvgIpc) is 3.45. The molecule has 1 unspecified atom stereocenters. The third-order valence-corrected chi connectivity index (χ3v) is 7.31. The molecule has 0 aromatic heterocycles. The minimum absolute atomic E-state index is 0.165. The molecule has 9 heteroatoms. The number of nitrogens with zero attached hydrogens (tertiary/aromatic N) is 3. The fourth-order valence-corrected chi connectivity index (χ4v) is 4.76. The Kier molecular flexibility index (Phi) is 9.62. The van der Waals surface area contributed by atoms with E-state index in [-0.39, 0.29) is 37.6 Å². The van der Waals surface area contributed by atoms with Crippen LogP contribution in [0.4, 0.5) is 0 Å². The van der Waals surface area contributed by atoms with Gasteiger partial charge in [-0.1, -0.05) is 18.2 Å². The molecule has 1 atom stereocenters. The Balaban J connectivity index is 1.67. The maximum Gasteiger partial charge on any atom is 0.262 e. The van der Waals surface area contributed by atoms with Crippen molar-refractivity contribution in [2.24, 2.45) is 5.10 Å². The van der Waals surface area contributed by atoms with Crippen molar-refractivity contribution < 1.29 is 28.5 Å². The van der Waals surface area contributed by atoms with Crippen LogP contribution in [0.5, 0.6) is 17.2 Å². The van der Waals surface area contributed by atoms with Crippen LogP contribution < -0.4 is 14.2 Å². The zero-order valence-electron chi connectivity index (χ0n) is 24.5. The van der Waals surface area contributed by atoms with Gasteiger partial charge in [-0.15, -0.1) is 0 Å². The first kappa shape index (κ1) is 29.6. The van der Waals surface area contributed by atoms with Gasteiger partial charge in [0.1, 0.15) is 12.3 Å². The van der Waals surface area contributed by atoms with Crippen molar-refractivity contribution in [1.29, 1.82) is 0 Å². The summed E-state index contributed by atoms with van der Waals surface area (Å²) in [5.74, 6) is 1.22. The topological polar surface area (TPSA) is 89.9 Å². The lowest BCUT2D eigenvalue weighted by molar-refractivity contribution is -0.133. The largest absolute Gasteiger partial charge is 0.497 e. The third kappa shape index (κ3) is 6.69. The lowest BCUT2D eigenvalue weighted by atomic mass is 9.96. The van der Waals surface area contributed by atoms with Crippen LogP contribution in [0.25, 0.3) is 0 Å². The quantitative estimate of drug-likeness (QED) is 0.336. The lowest BCUT2D eigenvalue weighted by Gasteiger charge is -2.27. The second kappa shape index (κ2) is 13.3. The zero-order chi connectivity index (χ0) is 29.5. The normalized spacial score (nSPS) is 14.4. The van der Waals surface area contributed by atoms with Crippen molar-refractivity contribution in [3.8, 4) is 17.2 Å². The minimum Gasteiger partial charge on any atom is -0.497 e. The number of carbonyl (C=O) groups excluding carboxylic acids is 2. The molecule has 216 valence electrons. The van der Waals surface area contributed by atoms with Crippen LogP contribution in [0.1, 0.15) is 45.1 Å². The molecule has 0 aliphatic carbocycles. The fourth-order valence-electron chi connectivity index (χ4n) is 4.76. The lowest BCUT2D eigenvalue weighted by Crippen LogP contribution is -2.42. The fraction of sp³-hybridized carbons (Fsp3) is 0.344. The first-order chi connectivity index (χ1) is 19.8. The summed E-state index contributed by atoms with van der Waals surface area (Å²) in [6, 6.07) is 18.2. The third-order valence-electron chi connectivity index (χ3n) is 7.31. The standard InChI is InChI=1S/C32H37N3O6/c1-21-7-8-24(17-22(21)2)27-19-28(25-11-14-29(40-5)30(18-25)41-6)35(33-27)31(36)20-34(15-16-38-3)32(37)23-9-12-26(39-4)13-10-23/h7-14,17-18,28H,15-16,19-20H2,1-6H3. The van der Waals surface area contributed by atoms with Gasteiger partial charge in [0.25, 0.3) is 11.8 Å². The first-order valence-corrected chi connectivity index (χ1v) is 13.4. The predicted octanol–water partition coefficient (Wildman–Crippen LogP) is 4.80. The Morgan fingerprint density at radius 3 is 2.24 bits per heavy atom. The van der Waals surface area contributed by atoms with Crippen LogP contribution in [0.3, 0.4) is 0 Å². The van der Waals surface area contributed by atoms with Gasteiger partial charge >= 0.3 is 0 Å². The number of amides is 2. The number of hydrogen-bond acceptors (Lipinski definition) is 7. The number of methoxy groups -OCH3 is 4. The summed E-state index contributed by atoms with van der Waals surface area (Å²) in [4.78, 5) is 28.9. The molecular formula is C32H37N3O6. The van der Waals surface area contributed by atoms with Crippen molar-refractivity contribution in [3.05, 3.63) is 88.5 Å². The van der Waals surface area contributed by atoms with Crippen molar-refractivity contribution in [2.45, 2.75) is 26.3 Å². The van der Waals surface area contributed by atoms with Crippen LogP contribution >= 0.6 is 0 Å². The molecule has 1 aliphatic heterocycles. The van der Waals surface area contributed by atoms with Crippen LogP contribution in [-0.2, 0) is 9.53 Å². The maximum absolute atomic E-state index is 13.9. The molecule has 9 nitrogen and oxygen atoms in total. The number of ether oxygens (including phenoxy) is 4. The van der Waals surface area contributed by atoms with E-state index in [0.717, 1.165) is 22.4 Å². The second-order valence-electron chi connectivity index (χ2n) is 9.87. The predicted molar refractivity (Wildman–Crippen MR) is 157 cm³/mol. The van der Waals surface area contributed by atoms with Gasteiger partial charge < -0.3 is 23.8 Å². The van der Waals surface area contributed by atoms with Gasteiger partial charge in [-0.05, 0) is 78.6 Å². The molecular weight excluding hydrogens is 522 g/mol. The van der Waals surface area contributed by atoms with Crippen molar-refractivity contribution in [3.63, 3.8) is 0 Å². The van der Waals surface area contributed by atoms with E-state index in [9.17, 15) is 9.59 Å². The minimum atomic E-state index is -0.390. The van der Waals surface area contributed by atoms with Gasteiger partial charge in [0.05, 0.1) is 39.7 Å². The highest BCUT2D eigenvalue weighted by Crippen LogP contribution is 2.37. The van der Waals surface area contributed by atoms with Crippen LogP contribution in [-0.4, -0.2) is 75.6 Å². The molecule has 1 heterocycles. The highest BCUT2D eigenvalue weighted by Gasteiger charge is 2.35. The van der Waals surface area contributed by atoms with E-state index in [2.05, 4.69) is 26.0 Å². The summed E-state index contributed by atoms with van der Waals surface area (Å²) in [6.45, 7) is 4.48. The number of carbonyl (C=O) groups is 2. The molecule has 41 heavy (non-hydrogen) atoms. The summed E-state index contributed by atoms with van der Waals surface area (Å²) < 4.78 is 21.4. The Morgan fingerprint density at radius 1 is 0.878 bits per heavy atom. The SMILES string of the molecule is COCCN(CC(=O)N1N=C(c2ccc(C)c(C)c2)CC1c1ccc(OC)c(OC)c1)C(=O)c1ccc(OC)cc1. The molecule has 0 saturated heterocycles. The Hall–Kier alpha value is -4.37. The van der Waals surface area contributed by atoms with Crippen molar-refractivity contribution in [1.82, 2.24) is 9.91 Å². The molecule has 3 aromatic rings. The molecule has 0 saturated carbocycles. The van der Waals surface area contributed by atoms with E-state index in [1.807, 2.05) is 24.3 Å². The van der Waals surface area contributed by atoms with Gasteiger partial charge in [-0.3, -0.25) is 9.59 Å². The Labute approximate surface area is 241 Å². The Morgan fingerprint density at radius 2 is 1.61 bits per heavy atom. The van der Waals surface area contributed by atoms with E-state index in [1.54, 1.807) is 52.7 Å². The summed E-state index contributed by atoms with van der Waals surface area (Å²) in [7, 11) is 6.29. The van der Waals surface area contributed by atoms with E-state index >= 15 is 0 Å². The molecule has 0 N–H and O–H groups in total. The van der Waals surface area contributed by atoms with E-state index in [0.29, 0.717) is 29.2 Å². The van der Waals surface area contributed by atoms with E-state index in [1.165, 1.54) is 15.5 Å². The second-order valence-corrected chi connectivity index (χ2v) is 9.87. The summed E-state index contributed by atoms with van der Waals surface area (Å²) in [5, 5.41) is 6.31. The molecule has 0 radical (unpaired) electrons. The molecule has 1 aliphatic rings. The molecule has 3 aromatic carbocycles. The molecule has 0 fully saturated rings. The number of hydrazone groups is 1. The highest BCUT2D eigenvalue weighted by molar-refractivity contribution is 6.04. The monoisotopic (exact) mass is 559 g/mol. The number of aryl methyl sites for hydroxylation is 2. The van der Waals surface area contributed by atoms with Gasteiger partial charge in [0.2, 0.25) is 0 Å². The van der Waals surface area contributed by atoms with Gasteiger partial charge in [-0.2, -0.15) is 5.10 Å². The first-order valence-electron chi connectivity index (χ1n) is 13.4. The number of benzene rings is 3. The molecule has 0 spiro atoms. The summed E-state index contributed by atoms with van der Waals surface area (Å²) in [5.41, 5.74) is 5.39. The maximum atomic E-state index is 13.9. The van der Waals surface area contributed by atoms with Gasteiger partial charge in [0, 0.05) is 25.6 Å². The van der Waals surface area contributed by atoms with Gasteiger partial charge in [-0.25, -0.2) is 5.01 Å².